The first-order valence-electron chi connectivity index (χ1n) is 8.13. The maximum absolute atomic E-state index is 11.7. The SMILES string of the molecule is CC1CCC(C)C(Nc2ccc(NC(=O)C(C)C)cc2)C1. The zero-order valence-electron chi connectivity index (χ0n) is 13.6. The fourth-order valence-electron chi connectivity index (χ4n) is 2.88. The lowest BCUT2D eigenvalue weighted by atomic mass is 9.80. The van der Waals surface area contributed by atoms with Gasteiger partial charge in [0.25, 0.3) is 0 Å². The molecule has 1 aliphatic rings. The monoisotopic (exact) mass is 288 g/mol. The van der Waals surface area contributed by atoms with E-state index in [1.807, 2.05) is 26.0 Å². The van der Waals surface area contributed by atoms with Crippen molar-refractivity contribution < 1.29 is 4.79 Å². The third-order valence-corrected chi connectivity index (χ3v) is 4.49. The summed E-state index contributed by atoms with van der Waals surface area (Å²) in [6, 6.07) is 8.62. The first kappa shape index (κ1) is 15.9. The average molecular weight is 288 g/mol. The van der Waals surface area contributed by atoms with Crippen molar-refractivity contribution in [2.24, 2.45) is 17.8 Å². The molecule has 0 aromatic heterocycles. The number of carbonyl (C=O) groups excluding carboxylic acids is 1. The summed E-state index contributed by atoms with van der Waals surface area (Å²) in [5.41, 5.74) is 2.01. The zero-order chi connectivity index (χ0) is 15.4. The molecule has 3 heteroatoms. The van der Waals surface area contributed by atoms with Crippen molar-refractivity contribution >= 4 is 17.3 Å². The quantitative estimate of drug-likeness (QED) is 0.855. The average Bonchev–Trinajstić information content (AvgIpc) is 2.45. The van der Waals surface area contributed by atoms with Crippen LogP contribution in [0.3, 0.4) is 0 Å². The second kappa shape index (κ2) is 6.97. The van der Waals surface area contributed by atoms with Crippen LogP contribution in [0.1, 0.15) is 47.0 Å². The molecular weight excluding hydrogens is 260 g/mol. The first-order chi connectivity index (χ1) is 9.95. The third kappa shape index (κ3) is 4.48. The van der Waals surface area contributed by atoms with E-state index in [0.29, 0.717) is 6.04 Å². The molecule has 0 heterocycles. The lowest BCUT2D eigenvalue weighted by molar-refractivity contribution is -0.118. The molecule has 0 aliphatic heterocycles. The Kier molecular flexibility index (Phi) is 5.27. The minimum absolute atomic E-state index is 0.00683. The van der Waals surface area contributed by atoms with E-state index in [9.17, 15) is 4.79 Å². The number of benzene rings is 1. The van der Waals surface area contributed by atoms with E-state index in [0.717, 1.165) is 23.2 Å². The summed E-state index contributed by atoms with van der Waals surface area (Å²) in [5.74, 6) is 1.60. The molecule has 1 aliphatic carbocycles. The molecule has 2 N–H and O–H groups in total. The van der Waals surface area contributed by atoms with Crippen molar-refractivity contribution in [3.8, 4) is 0 Å². The molecule has 1 aromatic rings. The van der Waals surface area contributed by atoms with Crippen molar-refractivity contribution in [3.63, 3.8) is 0 Å². The fraction of sp³-hybridized carbons (Fsp3) is 0.611. The Balaban J connectivity index is 1.94. The van der Waals surface area contributed by atoms with Gasteiger partial charge in [-0.2, -0.15) is 0 Å². The Morgan fingerprint density at radius 3 is 2.33 bits per heavy atom. The van der Waals surface area contributed by atoms with Crippen LogP contribution in [0.2, 0.25) is 0 Å². The smallest absolute Gasteiger partial charge is 0.226 e. The molecule has 1 saturated carbocycles. The van der Waals surface area contributed by atoms with Crippen LogP contribution in [0.5, 0.6) is 0 Å². The zero-order valence-corrected chi connectivity index (χ0v) is 13.6. The van der Waals surface area contributed by atoms with E-state index in [4.69, 9.17) is 0 Å². The molecule has 3 nitrogen and oxygen atoms in total. The van der Waals surface area contributed by atoms with Gasteiger partial charge in [-0.3, -0.25) is 4.79 Å². The van der Waals surface area contributed by atoms with E-state index < -0.39 is 0 Å². The van der Waals surface area contributed by atoms with Gasteiger partial charge < -0.3 is 10.6 Å². The Morgan fingerprint density at radius 2 is 1.71 bits per heavy atom. The molecule has 2 rings (SSSR count). The Labute approximate surface area is 128 Å². The number of rotatable bonds is 4. The van der Waals surface area contributed by atoms with Crippen LogP contribution in [0.4, 0.5) is 11.4 Å². The maximum Gasteiger partial charge on any atom is 0.226 e. The lowest BCUT2D eigenvalue weighted by Crippen LogP contribution is -2.33. The van der Waals surface area contributed by atoms with Crippen LogP contribution in [-0.2, 0) is 4.79 Å². The highest BCUT2D eigenvalue weighted by Gasteiger charge is 2.25. The molecule has 1 aromatic carbocycles. The Hall–Kier alpha value is -1.51. The van der Waals surface area contributed by atoms with Gasteiger partial charge in [-0.1, -0.05) is 34.1 Å². The van der Waals surface area contributed by atoms with Crippen LogP contribution in [-0.4, -0.2) is 11.9 Å². The molecule has 1 fully saturated rings. The van der Waals surface area contributed by atoms with Crippen molar-refractivity contribution in [1.82, 2.24) is 0 Å². The minimum atomic E-state index is 0.00683. The van der Waals surface area contributed by atoms with Crippen LogP contribution in [0.25, 0.3) is 0 Å². The van der Waals surface area contributed by atoms with E-state index in [2.05, 4.69) is 36.6 Å². The summed E-state index contributed by atoms with van der Waals surface area (Å²) in [4.78, 5) is 11.7. The largest absolute Gasteiger partial charge is 0.382 e. The molecular formula is C18H28N2O. The van der Waals surface area contributed by atoms with Gasteiger partial charge in [-0.25, -0.2) is 0 Å². The van der Waals surface area contributed by atoms with E-state index in [1.165, 1.54) is 19.3 Å². The second-order valence-electron chi connectivity index (χ2n) is 6.87. The first-order valence-corrected chi connectivity index (χ1v) is 8.13. The molecule has 0 saturated heterocycles. The molecule has 3 atom stereocenters. The Bertz CT molecular complexity index is 467. The lowest BCUT2D eigenvalue weighted by Gasteiger charge is -2.34. The third-order valence-electron chi connectivity index (χ3n) is 4.49. The van der Waals surface area contributed by atoms with Crippen molar-refractivity contribution in [2.45, 2.75) is 53.0 Å². The normalized spacial score (nSPS) is 25.7. The summed E-state index contributed by atoms with van der Waals surface area (Å²) in [7, 11) is 0. The summed E-state index contributed by atoms with van der Waals surface area (Å²) in [6.07, 6.45) is 3.90. The topological polar surface area (TPSA) is 41.1 Å². The van der Waals surface area contributed by atoms with Gasteiger partial charge in [0, 0.05) is 23.3 Å². The van der Waals surface area contributed by atoms with Crippen molar-refractivity contribution in [2.75, 3.05) is 10.6 Å². The van der Waals surface area contributed by atoms with E-state index in [-0.39, 0.29) is 11.8 Å². The molecule has 0 bridgehead atoms. The summed E-state index contributed by atoms with van der Waals surface area (Å²) >= 11 is 0. The second-order valence-corrected chi connectivity index (χ2v) is 6.87. The van der Waals surface area contributed by atoms with E-state index >= 15 is 0 Å². The number of hydrogen-bond acceptors (Lipinski definition) is 2. The standard InChI is InChI=1S/C18H28N2O/c1-12(2)18(21)20-16-9-7-15(8-10-16)19-17-11-13(3)5-6-14(17)4/h7-10,12-14,17,19H,5-6,11H2,1-4H3,(H,20,21). The molecule has 3 unspecified atom stereocenters. The number of hydrogen-bond donors (Lipinski definition) is 2. The van der Waals surface area contributed by atoms with Gasteiger partial charge in [-0.05, 0) is 48.9 Å². The van der Waals surface area contributed by atoms with Crippen molar-refractivity contribution in [3.05, 3.63) is 24.3 Å². The van der Waals surface area contributed by atoms with Crippen LogP contribution >= 0.6 is 0 Å². The maximum atomic E-state index is 11.7. The predicted molar refractivity (Wildman–Crippen MR) is 89.5 cm³/mol. The molecule has 1 amide bonds. The van der Waals surface area contributed by atoms with Crippen LogP contribution < -0.4 is 10.6 Å². The van der Waals surface area contributed by atoms with Gasteiger partial charge >= 0.3 is 0 Å². The van der Waals surface area contributed by atoms with Gasteiger partial charge in [-0.15, -0.1) is 0 Å². The predicted octanol–water partition coefficient (Wildman–Crippen LogP) is 4.52. The highest BCUT2D eigenvalue weighted by Crippen LogP contribution is 2.30. The molecule has 21 heavy (non-hydrogen) atoms. The van der Waals surface area contributed by atoms with E-state index in [1.54, 1.807) is 0 Å². The summed E-state index contributed by atoms with van der Waals surface area (Å²) in [5, 5.41) is 6.57. The van der Waals surface area contributed by atoms with Gasteiger partial charge in [0.05, 0.1) is 0 Å². The van der Waals surface area contributed by atoms with Crippen LogP contribution in [0.15, 0.2) is 24.3 Å². The Morgan fingerprint density at radius 1 is 1.10 bits per heavy atom. The summed E-state index contributed by atoms with van der Waals surface area (Å²) in [6.45, 7) is 8.47. The molecule has 0 radical (unpaired) electrons. The van der Waals surface area contributed by atoms with Crippen LogP contribution in [0, 0.1) is 17.8 Å². The van der Waals surface area contributed by atoms with Gasteiger partial charge in [0.2, 0.25) is 5.91 Å². The summed E-state index contributed by atoms with van der Waals surface area (Å²) < 4.78 is 0. The highest BCUT2D eigenvalue weighted by molar-refractivity contribution is 5.92. The molecule has 116 valence electrons. The minimum Gasteiger partial charge on any atom is -0.382 e. The number of nitrogens with one attached hydrogen (secondary N) is 2. The van der Waals surface area contributed by atoms with Gasteiger partial charge in [0.15, 0.2) is 0 Å². The number of anilines is 2. The van der Waals surface area contributed by atoms with Crippen molar-refractivity contribution in [1.29, 1.82) is 0 Å². The highest BCUT2D eigenvalue weighted by atomic mass is 16.1. The van der Waals surface area contributed by atoms with Gasteiger partial charge in [0.1, 0.15) is 0 Å². The fourth-order valence-corrected chi connectivity index (χ4v) is 2.88. The number of carbonyl (C=O) groups is 1. The number of amides is 1. The molecule has 0 spiro atoms.